The minimum Gasteiger partial charge on any atom is -0.293 e. The van der Waals surface area contributed by atoms with Crippen molar-refractivity contribution >= 4 is 15.9 Å². The summed E-state index contributed by atoms with van der Waals surface area (Å²) in [5, 5.41) is 16.1. The third-order valence-corrected chi connectivity index (χ3v) is 4.43. The van der Waals surface area contributed by atoms with Crippen molar-refractivity contribution in [1.29, 1.82) is 0 Å². The fourth-order valence-corrected chi connectivity index (χ4v) is 3.11. The molecule has 2 aromatic heterocycles. The van der Waals surface area contributed by atoms with Crippen LogP contribution in [0.1, 0.15) is 37.7 Å². The smallest absolute Gasteiger partial charge is 0.167 e. The summed E-state index contributed by atoms with van der Waals surface area (Å²) in [5.41, 5.74) is 0. The highest BCUT2D eigenvalue weighted by Crippen LogP contribution is 2.28. The van der Waals surface area contributed by atoms with Crippen LogP contribution in [0.25, 0.3) is 0 Å². The maximum atomic E-state index is 4.39. The Morgan fingerprint density at radius 3 is 2.65 bits per heavy atom. The highest BCUT2D eigenvalue weighted by Gasteiger charge is 2.27. The van der Waals surface area contributed by atoms with Gasteiger partial charge in [-0.25, -0.2) is 4.68 Å². The van der Waals surface area contributed by atoms with Crippen LogP contribution in [0.2, 0.25) is 0 Å². The van der Waals surface area contributed by atoms with Gasteiger partial charge in [-0.15, -0.1) is 5.10 Å². The van der Waals surface area contributed by atoms with Gasteiger partial charge >= 0.3 is 0 Å². The summed E-state index contributed by atoms with van der Waals surface area (Å²) in [6.45, 7) is 4.24. The van der Waals surface area contributed by atoms with Gasteiger partial charge in [-0.3, -0.25) is 9.58 Å². The van der Waals surface area contributed by atoms with E-state index >= 15 is 0 Å². The molecule has 2 aromatic rings. The van der Waals surface area contributed by atoms with E-state index in [-0.39, 0.29) is 6.04 Å². The molecule has 1 fully saturated rings. The molecule has 3 rings (SSSR count). The Balaban J connectivity index is 1.62. The largest absolute Gasteiger partial charge is 0.293 e. The second kappa shape index (κ2) is 5.61. The number of piperidine rings is 1. The van der Waals surface area contributed by atoms with E-state index in [9.17, 15) is 0 Å². The van der Waals surface area contributed by atoms with Gasteiger partial charge in [-0.1, -0.05) is 0 Å². The van der Waals surface area contributed by atoms with Crippen LogP contribution in [0, 0.1) is 0 Å². The van der Waals surface area contributed by atoms with E-state index < -0.39 is 0 Å². The Bertz CT molecular complexity index is 570. The Labute approximate surface area is 126 Å². The Kier molecular flexibility index (Phi) is 3.84. The highest BCUT2D eigenvalue weighted by molar-refractivity contribution is 9.10. The van der Waals surface area contributed by atoms with Gasteiger partial charge in [-0.2, -0.15) is 5.10 Å². The average Bonchev–Trinajstić information content (AvgIpc) is 3.07. The summed E-state index contributed by atoms with van der Waals surface area (Å²) in [6.07, 6.45) is 6.10. The van der Waals surface area contributed by atoms with Crippen molar-refractivity contribution in [3.8, 4) is 0 Å². The molecule has 1 aliphatic heterocycles. The molecule has 0 N–H and O–H groups in total. The number of likely N-dealkylation sites (tertiary alicyclic amines) is 1. The predicted molar refractivity (Wildman–Crippen MR) is 77.0 cm³/mol. The van der Waals surface area contributed by atoms with Crippen molar-refractivity contribution < 1.29 is 0 Å². The first kappa shape index (κ1) is 13.7. The second-order valence-corrected chi connectivity index (χ2v) is 6.16. The highest BCUT2D eigenvalue weighted by atomic mass is 79.9. The van der Waals surface area contributed by atoms with Crippen LogP contribution in [0.5, 0.6) is 0 Å². The Hall–Kier alpha value is -1.28. The van der Waals surface area contributed by atoms with Crippen molar-refractivity contribution in [3.63, 3.8) is 0 Å². The lowest BCUT2D eigenvalue weighted by Crippen LogP contribution is -2.37. The molecule has 20 heavy (non-hydrogen) atoms. The van der Waals surface area contributed by atoms with Gasteiger partial charge in [0.25, 0.3) is 0 Å². The molecule has 108 valence electrons. The number of hydrogen-bond donors (Lipinski definition) is 0. The van der Waals surface area contributed by atoms with Crippen LogP contribution in [0.15, 0.2) is 16.9 Å². The molecule has 0 radical (unpaired) electrons. The molecule has 1 aliphatic rings. The van der Waals surface area contributed by atoms with E-state index in [1.54, 1.807) is 4.68 Å². The second-order valence-electron chi connectivity index (χ2n) is 5.24. The standard InChI is InChI=1S/C12H18BrN7/c1-9(12-15-16-17-18(12)2)19-5-3-11(4-6-19)20-8-10(13)7-14-20/h7-9,11H,3-6H2,1-2H3. The van der Waals surface area contributed by atoms with Crippen LogP contribution in [-0.2, 0) is 7.05 Å². The first-order valence-corrected chi connectivity index (χ1v) is 7.60. The maximum Gasteiger partial charge on any atom is 0.167 e. The van der Waals surface area contributed by atoms with Gasteiger partial charge in [0, 0.05) is 26.3 Å². The molecule has 3 heterocycles. The van der Waals surface area contributed by atoms with E-state index in [1.165, 1.54) is 0 Å². The van der Waals surface area contributed by atoms with Gasteiger partial charge in [0.15, 0.2) is 5.82 Å². The molecule has 0 spiro atoms. The third-order valence-electron chi connectivity index (χ3n) is 4.02. The van der Waals surface area contributed by atoms with Crippen molar-refractivity contribution in [3.05, 3.63) is 22.7 Å². The molecule has 1 unspecified atom stereocenters. The van der Waals surface area contributed by atoms with Gasteiger partial charge in [0.1, 0.15) is 0 Å². The van der Waals surface area contributed by atoms with Crippen molar-refractivity contribution in [2.75, 3.05) is 13.1 Å². The van der Waals surface area contributed by atoms with Crippen LogP contribution >= 0.6 is 15.9 Å². The Morgan fingerprint density at radius 1 is 1.35 bits per heavy atom. The normalized spacial score (nSPS) is 19.4. The van der Waals surface area contributed by atoms with E-state index in [0.717, 1.165) is 36.2 Å². The SMILES string of the molecule is CC(c1nnnn1C)N1CCC(n2cc(Br)cn2)CC1. The maximum absolute atomic E-state index is 4.39. The summed E-state index contributed by atoms with van der Waals surface area (Å²) < 4.78 is 4.86. The monoisotopic (exact) mass is 339 g/mol. The minimum absolute atomic E-state index is 0.250. The van der Waals surface area contributed by atoms with Gasteiger partial charge in [0.2, 0.25) is 0 Å². The Morgan fingerprint density at radius 2 is 2.10 bits per heavy atom. The summed E-state index contributed by atoms with van der Waals surface area (Å²) >= 11 is 3.45. The van der Waals surface area contributed by atoms with Crippen LogP contribution in [0.4, 0.5) is 0 Å². The van der Waals surface area contributed by atoms with Crippen LogP contribution in [-0.4, -0.2) is 48.0 Å². The lowest BCUT2D eigenvalue weighted by molar-refractivity contribution is 0.132. The molecule has 0 saturated carbocycles. The number of tetrazole rings is 1. The van der Waals surface area contributed by atoms with Gasteiger partial charge in [-0.05, 0) is 46.1 Å². The molecule has 1 saturated heterocycles. The van der Waals surface area contributed by atoms with Crippen molar-refractivity contribution in [1.82, 2.24) is 34.9 Å². The molecule has 0 amide bonds. The van der Waals surface area contributed by atoms with E-state index in [2.05, 4.69) is 59.3 Å². The average molecular weight is 340 g/mol. The minimum atomic E-state index is 0.250. The van der Waals surface area contributed by atoms with E-state index in [0.29, 0.717) is 6.04 Å². The number of aromatic nitrogens is 6. The number of halogens is 1. The topological polar surface area (TPSA) is 64.7 Å². The van der Waals surface area contributed by atoms with E-state index in [1.807, 2.05) is 13.2 Å². The van der Waals surface area contributed by atoms with Gasteiger partial charge < -0.3 is 0 Å². The zero-order chi connectivity index (χ0) is 14.1. The first-order chi connectivity index (χ1) is 9.65. The quantitative estimate of drug-likeness (QED) is 0.849. The summed E-state index contributed by atoms with van der Waals surface area (Å²) in [4.78, 5) is 2.43. The zero-order valence-electron chi connectivity index (χ0n) is 11.6. The van der Waals surface area contributed by atoms with Crippen LogP contribution < -0.4 is 0 Å². The molecule has 7 nitrogen and oxygen atoms in total. The molecular weight excluding hydrogens is 322 g/mol. The molecule has 0 aliphatic carbocycles. The lowest BCUT2D eigenvalue weighted by atomic mass is 10.0. The summed E-state index contributed by atoms with van der Waals surface area (Å²) in [7, 11) is 1.89. The van der Waals surface area contributed by atoms with E-state index in [4.69, 9.17) is 0 Å². The fraction of sp³-hybridized carbons (Fsp3) is 0.667. The molecular formula is C12H18BrN7. The first-order valence-electron chi connectivity index (χ1n) is 6.81. The molecule has 8 heteroatoms. The number of rotatable bonds is 3. The number of aryl methyl sites for hydroxylation is 1. The number of hydrogen-bond acceptors (Lipinski definition) is 5. The lowest BCUT2D eigenvalue weighted by Gasteiger charge is -2.35. The third kappa shape index (κ3) is 2.62. The number of nitrogens with zero attached hydrogens (tertiary/aromatic N) is 7. The van der Waals surface area contributed by atoms with Crippen molar-refractivity contribution in [2.24, 2.45) is 7.05 Å². The molecule has 0 aromatic carbocycles. The molecule has 0 bridgehead atoms. The van der Waals surface area contributed by atoms with Crippen LogP contribution in [0.3, 0.4) is 0 Å². The van der Waals surface area contributed by atoms with Crippen molar-refractivity contribution in [2.45, 2.75) is 31.8 Å². The fourth-order valence-electron chi connectivity index (χ4n) is 2.81. The zero-order valence-corrected chi connectivity index (χ0v) is 13.2. The van der Waals surface area contributed by atoms with Gasteiger partial charge in [0.05, 0.1) is 22.8 Å². The summed E-state index contributed by atoms with van der Waals surface area (Å²) in [6, 6.07) is 0.739. The predicted octanol–water partition coefficient (Wildman–Crippen LogP) is 1.57. The summed E-state index contributed by atoms with van der Waals surface area (Å²) in [5.74, 6) is 0.922. The molecule has 1 atom stereocenters.